The number of rotatable bonds is 7. The van der Waals surface area contributed by atoms with Crippen LogP contribution in [0.1, 0.15) is 0 Å². The van der Waals surface area contributed by atoms with Crippen molar-refractivity contribution in [3.05, 3.63) is 43.0 Å². The molecule has 122 valence electrons. The molecule has 1 aromatic carbocycles. The van der Waals surface area contributed by atoms with E-state index < -0.39 is 0 Å². The van der Waals surface area contributed by atoms with Gasteiger partial charge in [0.05, 0.1) is 19.5 Å². The minimum atomic E-state index is -0.0797. The average Bonchev–Trinajstić information content (AvgIpc) is 2.98. The van der Waals surface area contributed by atoms with E-state index in [1.165, 1.54) is 0 Å². The Hall–Kier alpha value is -1.60. The number of benzene rings is 1. The summed E-state index contributed by atoms with van der Waals surface area (Å²) in [6.45, 7) is 1.50. The molecule has 0 aliphatic heterocycles. The van der Waals surface area contributed by atoms with Gasteiger partial charge in [-0.3, -0.25) is 4.79 Å². The molecule has 2 aromatic rings. The fourth-order valence-electron chi connectivity index (χ4n) is 1.74. The van der Waals surface area contributed by atoms with Gasteiger partial charge >= 0.3 is 0 Å². The number of carbonyl (C=O) groups excluding carboxylic acids is 1. The smallest absolute Gasteiger partial charge is 0.238 e. The molecule has 22 heavy (non-hydrogen) atoms. The van der Waals surface area contributed by atoms with E-state index in [1.54, 1.807) is 19.6 Å². The van der Waals surface area contributed by atoms with Crippen LogP contribution in [-0.4, -0.2) is 42.3 Å². The van der Waals surface area contributed by atoms with Gasteiger partial charge in [0.1, 0.15) is 0 Å². The number of nitrogens with zero attached hydrogens (tertiary/aromatic N) is 2. The monoisotopic (exact) mass is 346 g/mol. The van der Waals surface area contributed by atoms with Gasteiger partial charge in [0.2, 0.25) is 5.91 Å². The zero-order valence-electron chi connectivity index (χ0n) is 12.2. The molecule has 0 radical (unpaired) electrons. The summed E-state index contributed by atoms with van der Waals surface area (Å²) in [6.07, 6.45) is 5.28. The fourth-order valence-corrected chi connectivity index (χ4v) is 1.74. The van der Waals surface area contributed by atoms with E-state index >= 15 is 0 Å². The SMILES string of the molecule is COCCNCC(=O)Nc1cccc(-n2ccnc2)c1.Cl.Cl. The summed E-state index contributed by atoms with van der Waals surface area (Å²) < 4.78 is 6.78. The lowest BCUT2D eigenvalue weighted by molar-refractivity contribution is -0.115. The highest BCUT2D eigenvalue weighted by molar-refractivity contribution is 5.92. The summed E-state index contributed by atoms with van der Waals surface area (Å²) in [5.74, 6) is -0.0797. The number of halogens is 2. The van der Waals surface area contributed by atoms with Crippen molar-refractivity contribution in [1.82, 2.24) is 14.9 Å². The number of methoxy groups -OCH3 is 1. The van der Waals surface area contributed by atoms with Crippen LogP contribution in [0.15, 0.2) is 43.0 Å². The largest absolute Gasteiger partial charge is 0.383 e. The van der Waals surface area contributed by atoms with Crippen molar-refractivity contribution in [2.24, 2.45) is 0 Å². The van der Waals surface area contributed by atoms with Crippen molar-refractivity contribution in [2.75, 3.05) is 32.1 Å². The zero-order chi connectivity index (χ0) is 14.2. The first-order chi connectivity index (χ1) is 9.79. The minimum absolute atomic E-state index is 0. The van der Waals surface area contributed by atoms with Crippen molar-refractivity contribution in [3.63, 3.8) is 0 Å². The maximum atomic E-state index is 11.7. The Balaban J connectivity index is 0.00000220. The van der Waals surface area contributed by atoms with Crippen molar-refractivity contribution >= 4 is 36.4 Å². The molecule has 0 atom stereocenters. The molecule has 0 unspecified atom stereocenters. The molecule has 1 heterocycles. The Morgan fingerprint density at radius 3 is 2.86 bits per heavy atom. The van der Waals surface area contributed by atoms with E-state index in [9.17, 15) is 4.79 Å². The van der Waals surface area contributed by atoms with Gasteiger partial charge in [-0.2, -0.15) is 0 Å². The van der Waals surface area contributed by atoms with Gasteiger partial charge in [-0.05, 0) is 18.2 Å². The van der Waals surface area contributed by atoms with E-state index in [4.69, 9.17) is 4.74 Å². The van der Waals surface area contributed by atoms with Gasteiger partial charge in [-0.15, -0.1) is 24.8 Å². The number of aromatic nitrogens is 2. The van der Waals surface area contributed by atoms with Crippen LogP contribution in [0, 0.1) is 0 Å². The quantitative estimate of drug-likeness (QED) is 0.751. The van der Waals surface area contributed by atoms with Crippen LogP contribution in [0.3, 0.4) is 0 Å². The Morgan fingerprint density at radius 2 is 2.18 bits per heavy atom. The topological polar surface area (TPSA) is 68.2 Å². The molecular formula is C14H20Cl2N4O2. The summed E-state index contributed by atoms with van der Waals surface area (Å²) in [5.41, 5.74) is 1.71. The van der Waals surface area contributed by atoms with Crippen LogP contribution in [0.5, 0.6) is 0 Å². The van der Waals surface area contributed by atoms with Crippen LogP contribution in [0.25, 0.3) is 5.69 Å². The molecule has 6 nitrogen and oxygen atoms in total. The van der Waals surface area contributed by atoms with E-state index in [0.29, 0.717) is 13.2 Å². The third kappa shape index (κ3) is 6.44. The second-order valence-electron chi connectivity index (χ2n) is 4.24. The number of hydrogen-bond donors (Lipinski definition) is 2. The van der Waals surface area contributed by atoms with Gasteiger partial charge in [0.25, 0.3) is 0 Å². The van der Waals surface area contributed by atoms with E-state index in [2.05, 4.69) is 15.6 Å². The summed E-state index contributed by atoms with van der Waals surface area (Å²) >= 11 is 0. The van der Waals surface area contributed by atoms with E-state index in [0.717, 1.165) is 11.4 Å². The average molecular weight is 347 g/mol. The van der Waals surface area contributed by atoms with E-state index in [1.807, 2.05) is 35.0 Å². The Morgan fingerprint density at radius 1 is 1.36 bits per heavy atom. The summed E-state index contributed by atoms with van der Waals surface area (Å²) in [4.78, 5) is 15.7. The second kappa shape index (κ2) is 11.0. The summed E-state index contributed by atoms with van der Waals surface area (Å²) in [7, 11) is 1.63. The molecule has 0 saturated heterocycles. The number of imidazole rings is 1. The van der Waals surface area contributed by atoms with Crippen molar-refractivity contribution in [3.8, 4) is 5.69 Å². The predicted octanol–water partition coefficient (Wildman–Crippen LogP) is 1.89. The highest BCUT2D eigenvalue weighted by atomic mass is 35.5. The first-order valence-corrected chi connectivity index (χ1v) is 6.37. The lowest BCUT2D eigenvalue weighted by Crippen LogP contribution is -2.30. The van der Waals surface area contributed by atoms with E-state index in [-0.39, 0.29) is 37.3 Å². The lowest BCUT2D eigenvalue weighted by Gasteiger charge is -2.08. The molecule has 0 bridgehead atoms. The second-order valence-corrected chi connectivity index (χ2v) is 4.24. The van der Waals surface area contributed by atoms with Crippen LogP contribution in [0.4, 0.5) is 5.69 Å². The van der Waals surface area contributed by atoms with Crippen LogP contribution >= 0.6 is 24.8 Å². The van der Waals surface area contributed by atoms with Crippen LogP contribution in [-0.2, 0) is 9.53 Å². The normalized spacial score (nSPS) is 9.50. The first kappa shape index (κ1) is 20.4. The van der Waals surface area contributed by atoms with Crippen molar-refractivity contribution in [1.29, 1.82) is 0 Å². The molecule has 1 amide bonds. The molecule has 8 heteroatoms. The third-order valence-corrected chi connectivity index (χ3v) is 2.70. The number of carbonyl (C=O) groups is 1. The number of nitrogens with one attached hydrogen (secondary N) is 2. The standard InChI is InChI=1S/C14H18N4O2.2ClH/c1-20-8-6-15-10-14(19)17-12-3-2-4-13(9-12)18-7-5-16-11-18;;/h2-5,7,9,11,15H,6,8,10H2,1H3,(H,17,19);2*1H. The van der Waals surface area contributed by atoms with Crippen molar-refractivity contribution < 1.29 is 9.53 Å². The molecule has 1 aromatic heterocycles. The molecule has 0 saturated carbocycles. The Kier molecular flexibility index (Phi) is 10.2. The number of anilines is 1. The maximum absolute atomic E-state index is 11.7. The Labute approximate surface area is 142 Å². The molecule has 0 aliphatic rings. The van der Waals surface area contributed by atoms with Gasteiger partial charge in [0, 0.05) is 37.4 Å². The fraction of sp³-hybridized carbons (Fsp3) is 0.286. The molecule has 0 aliphatic carbocycles. The molecule has 0 fully saturated rings. The zero-order valence-corrected chi connectivity index (χ0v) is 13.8. The Bertz CT molecular complexity index is 550. The maximum Gasteiger partial charge on any atom is 0.238 e. The van der Waals surface area contributed by atoms with Crippen LogP contribution in [0.2, 0.25) is 0 Å². The first-order valence-electron chi connectivity index (χ1n) is 6.37. The van der Waals surface area contributed by atoms with Gasteiger partial charge in [0.15, 0.2) is 0 Å². The van der Waals surface area contributed by atoms with Crippen molar-refractivity contribution in [2.45, 2.75) is 0 Å². The third-order valence-electron chi connectivity index (χ3n) is 2.70. The van der Waals surface area contributed by atoms with Gasteiger partial charge in [-0.25, -0.2) is 4.98 Å². The van der Waals surface area contributed by atoms with Gasteiger partial charge < -0.3 is 19.9 Å². The number of amides is 1. The number of hydrogen-bond acceptors (Lipinski definition) is 4. The molecular weight excluding hydrogens is 327 g/mol. The summed E-state index contributed by atoms with van der Waals surface area (Å²) in [5, 5.41) is 5.84. The highest BCUT2D eigenvalue weighted by Crippen LogP contribution is 2.14. The minimum Gasteiger partial charge on any atom is -0.383 e. The predicted molar refractivity (Wildman–Crippen MR) is 91.4 cm³/mol. The lowest BCUT2D eigenvalue weighted by atomic mass is 10.2. The van der Waals surface area contributed by atoms with Gasteiger partial charge in [-0.1, -0.05) is 6.07 Å². The molecule has 2 rings (SSSR count). The summed E-state index contributed by atoms with van der Waals surface area (Å²) in [6, 6.07) is 7.60. The van der Waals surface area contributed by atoms with Crippen LogP contribution < -0.4 is 10.6 Å². The highest BCUT2D eigenvalue weighted by Gasteiger charge is 2.03. The molecule has 2 N–H and O–H groups in total. The molecule has 0 spiro atoms. The number of ether oxygens (including phenoxy) is 1.